The van der Waals surface area contributed by atoms with E-state index >= 15 is 0 Å². The number of amides is 2. The van der Waals surface area contributed by atoms with Gasteiger partial charge in [-0.1, -0.05) is 48.0 Å². The Morgan fingerprint density at radius 2 is 0.967 bits per heavy atom. The van der Waals surface area contributed by atoms with Crippen molar-refractivity contribution < 1.29 is 19.8 Å². The van der Waals surface area contributed by atoms with Crippen molar-refractivity contribution in [1.29, 1.82) is 0 Å². The minimum atomic E-state index is -1.10. The Labute approximate surface area is 181 Å². The second-order valence-corrected chi connectivity index (χ2v) is 12.4. The molecule has 3 aliphatic rings. The molecule has 0 aliphatic heterocycles. The van der Waals surface area contributed by atoms with E-state index in [1.54, 1.807) is 0 Å². The van der Waals surface area contributed by atoms with Crippen molar-refractivity contribution >= 4 is 11.8 Å². The van der Waals surface area contributed by atoms with Crippen molar-refractivity contribution in [1.82, 2.24) is 10.6 Å². The molecule has 0 radical (unpaired) electrons. The van der Waals surface area contributed by atoms with Gasteiger partial charge in [0.15, 0.2) is 0 Å². The highest BCUT2D eigenvalue weighted by Gasteiger charge is 2.57. The first-order chi connectivity index (χ1) is 13.6. The van der Waals surface area contributed by atoms with Gasteiger partial charge in [-0.3, -0.25) is 9.59 Å². The fourth-order valence-corrected chi connectivity index (χ4v) is 5.60. The van der Waals surface area contributed by atoms with Crippen molar-refractivity contribution in [2.75, 3.05) is 0 Å². The van der Waals surface area contributed by atoms with E-state index in [4.69, 9.17) is 0 Å². The third kappa shape index (κ3) is 4.02. The van der Waals surface area contributed by atoms with Gasteiger partial charge in [-0.2, -0.15) is 0 Å². The van der Waals surface area contributed by atoms with Gasteiger partial charge >= 0.3 is 0 Å². The van der Waals surface area contributed by atoms with Crippen LogP contribution in [0.5, 0.6) is 0 Å². The first-order valence-corrected chi connectivity index (χ1v) is 11.7. The van der Waals surface area contributed by atoms with Crippen molar-refractivity contribution in [3.63, 3.8) is 0 Å². The number of hydrogen-bond acceptors (Lipinski definition) is 4. The van der Waals surface area contributed by atoms with Crippen molar-refractivity contribution in [2.45, 2.75) is 123 Å². The predicted molar refractivity (Wildman–Crippen MR) is 117 cm³/mol. The van der Waals surface area contributed by atoms with Crippen LogP contribution in [-0.2, 0) is 9.59 Å². The van der Waals surface area contributed by atoms with Crippen LogP contribution in [0, 0.1) is 16.2 Å². The molecule has 0 unspecified atom stereocenters. The fourth-order valence-electron chi connectivity index (χ4n) is 5.60. The lowest BCUT2D eigenvalue weighted by Crippen LogP contribution is -2.68. The number of rotatable bonds is 6. The molecule has 0 heterocycles. The third-order valence-corrected chi connectivity index (χ3v) is 7.87. The molecule has 3 saturated carbocycles. The number of aliphatic hydroxyl groups is 2. The molecule has 4 N–H and O–H groups in total. The molecule has 0 spiro atoms. The summed E-state index contributed by atoms with van der Waals surface area (Å²) in [5.41, 5.74) is -3.54. The van der Waals surface area contributed by atoms with Crippen LogP contribution < -0.4 is 10.6 Å². The van der Waals surface area contributed by atoms with E-state index in [2.05, 4.69) is 10.6 Å². The highest BCUT2D eigenvalue weighted by Crippen LogP contribution is 2.47. The summed E-state index contributed by atoms with van der Waals surface area (Å²) in [5.74, 6) is -0.556. The van der Waals surface area contributed by atoms with Gasteiger partial charge in [0, 0.05) is 0 Å². The van der Waals surface area contributed by atoms with Crippen LogP contribution in [0.3, 0.4) is 0 Å². The smallest absolute Gasteiger partial charge is 0.236 e. The summed E-state index contributed by atoms with van der Waals surface area (Å²) in [4.78, 5) is 26.9. The fraction of sp³-hybridized carbons (Fsp3) is 0.917. The average Bonchev–Trinajstić information content (AvgIpc) is 2.50. The van der Waals surface area contributed by atoms with Gasteiger partial charge in [0.05, 0.1) is 23.3 Å². The van der Waals surface area contributed by atoms with E-state index in [9.17, 15) is 19.8 Å². The Hall–Kier alpha value is -1.14. The predicted octanol–water partition coefficient (Wildman–Crippen LogP) is 3.05. The van der Waals surface area contributed by atoms with Gasteiger partial charge < -0.3 is 20.8 Å². The molecular formula is C24H42N2O4. The Morgan fingerprint density at radius 1 is 0.667 bits per heavy atom. The lowest BCUT2D eigenvalue weighted by molar-refractivity contribution is -0.159. The average molecular weight is 423 g/mol. The topological polar surface area (TPSA) is 98.7 Å². The minimum absolute atomic E-state index is 0.278. The number of carbonyl (C=O) groups is 2. The summed E-state index contributed by atoms with van der Waals surface area (Å²) in [5, 5.41) is 28.2. The highest BCUT2D eigenvalue weighted by molar-refractivity contribution is 6.06. The molecule has 172 valence electrons. The van der Waals surface area contributed by atoms with Crippen LogP contribution >= 0.6 is 0 Å². The van der Waals surface area contributed by atoms with E-state index < -0.39 is 28.7 Å². The molecule has 2 amide bonds. The van der Waals surface area contributed by atoms with Gasteiger partial charge in [0.2, 0.25) is 11.8 Å². The molecule has 0 aromatic heterocycles. The largest absolute Gasteiger partial charge is 0.388 e. The molecule has 6 heteroatoms. The maximum absolute atomic E-state index is 13.5. The maximum Gasteiger partial charge on any atom is 0.236 e. The molecule has 6 nitrogen and oxygen atoms in total. The number of hydrogen-bond donors (Lipinski definition) is 4. The summed E-state index contributed by atoms with van der Waals surface area (Å²) >= 11 is 0. The zero-order chi connectivity index (χ0) is 22.6. The van der Waals surface area contributed by atoms with Gasteiger partial charge in [-0.25, -0.2) is 0 Å². The first-order valence-electron chi connectivity index (χ1n) is 11.7. The van der Waals surface area contributed by atoms with E-state index in [1.807, 2.05) is 41.5 Å². The summed E-state index contributed by atoms with van der Waals surface area (Å²) in [6.07, 6.45) is 6.45. The van der Waals surface area contributed by atoms with E-state index in [0.29, 0.717) is 38.5 Å². The Kier molecular flexibility index (Phi) is 5.86. The quantitative estimate of drug-likeness (QED) is 0.495. The number of nitrogens with one attached hydrogen (secondary N) is 2. The zero-order valence-corrected chi connectivity index (χ0v) is 19.7. The molecule has 30 heavy (non-hydrogen) atoms. The Morgan fingerprint density at radius 3 is 1.13 bits per heavy atom. The highest BCUT2D eigenvalue weighted by atomic mass is 16.3. The van der Waals surface area contributed by atoms with Crippen LogP contribution in [0.4, 0.5) is 0 Å². The molecule has 0 aromatic carbocycles. The van der Waals surface area contributed by atoms with E-state index in [0.717, 1.165) is 19.3 Å². The van der Waals surface area contributed by atoms with Crippen LogP contribution in [0.2, 0.25) is 0 Å². The molecule has 3 fully saturated rings. The summed E-state index contributed by atoms with van der Waals surface area (Å²) in [6, 6.07) is -0.795. The standard InChI is InChI=1S/C24H42N2O4/c1-20(2,3)16(23(29)12-8-13-23)25-18(27)22(10-7-11-22)19(28)26-17(21(4,5)6)24(30)14-9-15-24/h16-17,29-30H,7-15H2,1-6H3,(H,25,27)(H,26,28)/t16-,17-/m1/s1. The zero-order valence-electron chi connectivity index (χ0n) is 19.7. The van der Waals surface area contributed by atoms with Gasteiger partial charge in [-0.05, 0) is 62.2 Å². The molecular weight excluding hydrogens is 380 g/mol. The summed E-state index contributed by atoms with van der Waals surface area (Å²) in [6.45, 7) is 12.1. The van der Waals surface area contributed by atoms with Gasteiger partial charge in [0.1, 0.15) is 5.41 Å². The summed E-state index contributed by atoms with van der Waals surface area (Å²) < 4.78 is 0. The second kappa shape index (κ2) is 7.47. The first kappa shape index (κ1) is 23.5. The van der Waals surface area contributed by atoms with Crippen LogP contribution in [0.15, 0.2) is 0 Å². The van der Waals surface area contributed by atoms with E-state index in [-0.39, 0.29) is 22.6 Å². The van der Waals surface area contributed by atoms with Crippen molar-refractivity contribution in [3.8, 4) is 0 Å². The Balaban J connectivity index is 1.78. The van der Waals surface area contributed by atoms with Gasteiger partial charge in [0.25, 0.3) is 0 Å². The maximum atomic E-state index is 13.5. The number of carbonyl (C=O) groups excluding carboxylic acids is 2. The Bertz CT molecular complexity index is 622. The summed E-state index contributed by atoms with van der Waals surface area (Å²) in [7, 11) is 0. The lowest BCUT2D eigenvalue weighted by atomic mass is 9.63. The monoisotopic (exact) mass is 422 g/mol. The molecule has 0 bridgehead atoms. The second-order valence-electron chi connectivity index (χ2n) is 12.4. The normalized spacial score (nSPS) is 26.3. The molecule has 0 saturated heterocycles. The SMILES string of the molecule is CC(C)(C)[C@@H](NC(=O)C1(C(=O)N[C@H](C(C)(C)C)C2(O)CCC2)CCC1)C1(O)CCC1. The van der Waals surface area contributed by atoms with Crippen LogP contribution in [0.25, 0.3) is 0 Å². The van der Waals surface area contributed by atoms with Crippen molar-refractivity contribution in [3.05, 3.63) is 0 Å². The molecule has 0 aromatic rings. The van der Waals surface area contributed by atoms with Crippen LogP contribution in [0.1, 0.15) is 99.3 Å². The van der Waals surface area contributed by atoms with Crippen molar-refractivity contribution in [2.24, 2.45) is 16.2 Å². The van der Waals surface area contributed by atoms with Crippen LogP contribution in [-0.4, -0.2) is 45.3 Å². The molecule has 3 rings (SSSR count). The molecule has 2 atom stereocenters. The van der Waals surface area contributed by atoms with E-state index in [1.165, 1.54) is 0 Å². The molecule has 3 aliphatic carbocycles. The minimum Gasteiger partial charge on any atom is -0.388 e. The third-order valence-electron chi connectivity index (χ3n) is 7.87. The lowest BCUT2D eigenvalue weighted by Gasteiger charge is -2.52. The van der Waals surface area contributed by atoms with Gasteiger partial charge in [-0.15, -0.1) is 0 Å².